The molecule has 0 radical (unpaired) electrons. The van der Waals surface area contributed by atoms with Crippen LogP contribution in [0, 0.1) is 22.7 Å². The molecule has 0 unspecified atom stereocenters. The van der Waals surface area contributed by atoms with Crippen molar-refractivity contribution in [2.24, 2.45) is 0 Å². The minimum atomic E-state index is -0.296. The highest BCUT2D eigenvalue weighted by atomic mass is 35.5. The smallest absolute Gasteiger partial charge is 0.269 e. The van der Waals surface area contributed by atoms with Gasteiger partial charge in [0.15, 0.2) is 5.57 Å². The summed E-state index contributed by atoms with van der Waals surface area (Å²) in [4.78, 5) is 12.7. The zero-order valence-electron chi connectivity index (χ0n) is 13.3. The van der Waals surface area contributed by atoms with E-state index in [0.29, 0.717) is 44.4 Å². The second kappa shape index (κ2) is 8.84. The normalized spacial score (nSPS) is 11.2. The van der Waals surface area contributed by atoms with Gasteiger partial charge in [-0.1, -0.05) is 29.3 Å². The zero-order valence-corrected chi connectivity index (χ0v) is 15.6. The lowest BCUT2D eigenvalue weighted by Gasteiger charge is -2.01. The third kappa shape index (κ3) is 4.31. The van der Waals surface area contributed by atoms with E-state index in [2.05, 4.69) is 0 Å². The summed E-state index contributed by atoms with van der Waals surface area (Å²) in [5, 5.41) is 19.1. The molecule has 1 aromatic heterocycles. The fraction of sp³-hybridized carbons (Fsp3) is 0.235. The van der Waals surface area contributed by atoms with Crippen LogP contribution in [0.15, 0.2) is 23.0 Å². The third-order valence-electron chi connectivity index (χ3n) is 3.35. The van der Waals surface area contributed by atoms with Crippen molar-refractivity contribution in [2.75, 3.05) is 13.7 Å². The van der Waals surface area contributed by atoms with Crippen molar-refractivity contribution in [3.05, 3.63) is 53.4 Å². The van der Waals surface area contributed by atoms with Crippen LogP contribution in [0.1, 0.15) is 12.0 Å². The first-order chi connectivity index (χ1) is 12.0. The predicted octanol–water partition coefficient (Wildman–Crippen LogP) is 2.28. The van der Waals surface area contributed by atoms with Gasteiger partial charge in [0.1, 0.15) is 16.8 Å². The van der Waals surface area contributed by atoms with Crippen LogP contribution in [0.5, 0.6) is 0 Å². The molecule has 0 amide bonds. The lowest BCUT2D eigenvalue weighted by molar-refractivity contribution is 0.190. The Bertz CT molecular complexity index is 1010. The lowest BCUT2D eigenvalue weighted by Crippen LogP contribution is -2.32. The summed E-state index contributed by atoms with van der Waals surface area (Å²) >= 11 is 13.4. The molecule has 5 nitrogen and oxygen atoms in total. The van der Waals surface area contributed by atoms with Gasteiger partial charge in [0.05, 0.1) is 4.53 Å². The molecule has 0 fully saturated rings. The summed E-state index contributed by atoms with van der Waals surface area (Å²) in [5.41, 5.74) is 0.120. The molecule has 2 aromatic rings. The monoisotopic (exact) mass is 393 g/mol. The number of methoxy groups -OCH3 is 1. The van der Waals surface area contributed by atoms with Crippen molar-refractivity contribution in [1.29, 1.82) is 10.5 Å². The number of thiazole rings is 1. The molecule has 8 heteroatoms. The maximum atomic E-state index is 12.7. The van der Waals surface area contributed by atoms with Crippen molar-refractivity contribution in [3.8, 4) is 12.1 Å². The molecule has 1 heterocycles. The number of benzene rings is 1. The Morgan fingerprint density at radius 1 is 1.32 bits per heavy atom. The van der Waals surface area contributed by atoms with Crippen LogP contribution >= 0.6 is 34.5 Å². The maximum absolute atomic E-state index is 12.7. The van der Waals surface area contributed by atoms with Gasteiger partial charge in [0.2, 0.25) is 0 Å². The van der Waals surface area contributed by atoms with Gasteiger partial charge in [-0.25, -0.2) is 0 Å². The van der Waals surface area contributed by atoms with Crippen molar-refractivity contribution < 1.29 is 4.74 Å². The SMILES string of the molecule is COCCCn1c(=C(C#N)C#N)sc(=Cc2c(Cl)cccc2Cl)c1=O. The van der Waals surface area contributed by atoms with Gasteiger partial charge in [-0.2, -0.15) is 10.5 Å². The van der Waals surface area contributed by atoms with Crippen LogP contribution in [-0.2, 0) is 11.3 Å². The Hall–Kier alpha value is -2.09. The maximum Gasteiger partial charge on any atom is 0.269 e. The molecule has 0 aliphatic rings. The summed E-state index contributed by atoms with van der Waals surface area (Å²) in [6.07, 6.45) is 2.16. The Balaban J connectivity index is 2.74. The first kappa shape index (κ1) is 19.2. The van der Waals surface area contributed by atoms with Crippen molar-refractivity contribution in [3.63, 3.8) is 0 Å². The van der Waals surface area contributed by atoms with Crippen LogP contribution in [0.3, 0.4) is 0 Å². The van der Waals surface area contributed by atoms with E-state index in [9.17, 15) is 4.79 Å². The van der Waals surface area contributed by atoms with Gasteiger partial charge in [-0.05, 0) is 24.6 Å². The predicted molar refractivity (Wildman–Crippen MR) is 99.0 cm³/mol. The number of halogens is 2. The van der Waals surface area contributed by atoms with Gasteiger partial charge in [-0.3, -0.25) is 9.36 Å². The molecule has 2 rings (SSSR count). The van der Waals surface area contributed by atoms with E-state index in [-0.39, 0.29) is 11.1 Å². The summed E-state index contributed by atoms with van der Waals surface area (Å²) in [7, 11) is 1.57. The van der Waals surface area contributed by atoms with Crippen LogP contribution in [0.2, 0.25) is 10.0 Å². The molecule has 0 spiro atoms. The summed E-state index contributed by atoms with van der Waals surface area (Å²) in [5.74, 6) is 0. The second-order valence-corrected chi connectivity index (χ2v) is 6.80. The number of ether oxygens (including phenoxy) is 1. The van der Waals surface area contributed by atoms with E-state index < -0.39 is 0 Å². The number of rotatable bonds is 5. The van der Waals surface area contributed by atoms with Gasteiger partial charge >= 0.3 is 0 Å². The number of hydrogen-bond donors (Lipinski definition) is 0. The van der Waals surface area contributed by atoms with E-state index in [1.54, 1.807) is 31.4 Å². The van der Waals surface area contributed by atoms with E-state index in [1.807, 2.05) is 12.1 Å². The standard InChI is InChI=1S/C17H13Cl2N3O2S/c1-24-7-3-6-22-16(23)15(25-17(22)11(9-20)10-21)8-12-13(18)4-2-5-14(12)19/h2,4-5,8H,3,6-7H2,1H3. The van der Waals surface area contributed by atoms with E-state index in [1.165, 1.54) is 4.57 Å². The summed E-state index contributed by atoms with van der Waals surface area (Å²) in [6.45, 7) is 0.807. The van der Waals surface area contributed by atoms with Gasteiger partial charge in [-0.15, -0.1) is 11.3 Å². The van der Waals surface area contributed by atoms with Gasteiger partial charge < -0.3 is 4.74 Å². The second-order valence-electron chi connectivity index (χ2n) is 4.95. The molecular formula is C17H13Cl2N3O2S. The quantitative estimate of drug-likeness (QED) is 0.729. The minimum Gasteiger partial charge on any atom is -0.385 e. The molecule has 0 saturated carbocycles. The number of nitriles is 2. The lowest BCUT2D eigenvalue weighted by atomic mass is 10.2. The van der Waals surface area contributed by atoms with E-state index in [0.717, 1.165) is 11.3 Å². The molecule has 25 heavy (non-hydrogen) atoms. The number of hydrogen-bond acceptors (Lipinski definition) is 5. The van der Waals surface area contributed by atoms with E-state index in [4.69, 9.17) is 38.5 Å². The van der Waals surface area contributed by atoms with Crippen LogP contribution in [0.25, 0.3) is 11.6 Å². The van der Waals surface area contributed by atoms with Crippen molar-refractivity contribution in [2.45, 2.75) is 13.0 Å². The third-order valence-corrected chi connectivity index (χ3v) is 5.14. The molecular weight excluding hydrogens is 381 g/mol. The first-order valence-electron chi connectivity index (χ1n) is 7.22. The molecule has 0 N–H and O–H groups in total. The fourth-order valence-electron chi connectivity index (χ4n) is 2.18. The van der Waals surface area contributed by atoms with Crippen LogP contribution < -0.4 is 14.8 Å². The Kier molecular flexibility index (Phi) is 6.81. The molecule has 0 bridgehead atoms. The minimum absolute atomic E-state index is 0.107. The molecule has 0 saturated heterocycles. The largest absolute Gasteiger partial charge is 0.385 e. The Morgan fingerprint density at radius 2 is 1.96 bits per heavy atom. The average molecular weight is 394 g/mol. The topological polar surface area (TPSA) is 78.8 Å². The first-order valence-corrected chi connectivity index (χ1v) is 8.79. The highest BCUT2D eigenvalue weighted by molar-refractivity contribution is 7.07. The average Bonchev–Trinajstić information content (AvgIpc) is 2.89. The fourth-order valence-corrected chi connectivity index (χ4v) is 3.74. The highest BCUT2D eigenvalue weighted by Gasteiger charge is 2.10. The molecule has 0 aliphatic carbocycles. The molecule has 128 valence electrons. The van der Waals surface area contributed by atoms with Crippen molar-refractivity contribution >= 4 is 46.2 Å². The van der Waals surface area contributed by atoms with Crippen molar-refractivity contribution in [1.82, 2.24) is 4.57 Å². The molecule has 0 aliphatic heterocycles. The molecule has 1 aromatic carbocycles. The molecule has 0 atom stereocenters. The van der Waals surface area contributed by atoms with Gasteiger partial charge in [0, 0.05) is 35.9 Å². The van der Waals surface area contributed by atoms with E-state index >= 15 is 0 Å². The number of aromatic nitrogens is 1. The Morgan fingerprint density at radius 3 is 2.52 bits per heavy atom. The highest BCUT2D eigenvalue weighted by Crippen LogP contribution is 2.24. The summed E-state index contributed by atoms with van der Waals surface area (Å²) in [6, 6.07) is 8.73. The van der Waals surface area contributed by atoms with Crippen LogP contribution in [0.4, 0.5) is 0 Å². The van der Waals surface area contributed by atoms with Gasteiger partial charge in [0.25, 0.3) is 5.56 Å². The summed E-state index contributed by atoms with van der Waals surface area (Å²) < 4.78 is 7.09. The van der Waals surface area contributed by atoms with Crippen LogP contribution in [-0.4, -0.2) is 18.3 Å². The Labute approximate surface area is 158 Å². The zero-order chi connectivity index (χ0) is 18.4. The number of nitrogens with zero attached hydrogens (tertiary/aromatic N) is 3.